The highest BCUT2D eigenvalue weighted by molar-refractivity contribution is 5.56. The fraction of sp³-hybridized carbons (Fsp3) is 0.692. The van der Waals surface area contributed by atoms with Crippen molar-refractivity contribution >= 4 is 11.6 Å². The van der Waals surface area contributed by atoms with E-state index in [4.69, 9.17) is 5.73 Å². The van der Waals surface area contributed by atoms with Crippen molar-refractivity contribution < 1.29 is 0 Å². The Morgan fingerprint density at radius 3 is 2.53 bits per heavy atom. The summed E-state index contributed by atoms with van der Waals surface area (Å²) >= 11 is 0. The number of nitrogen functional groups attached to an aromatic ring is 1. The predicted molar refractivity (Wildman–Crippen MR) is 71.2 cm³/mol. The summed E-state index contributed by atoms with van der Waals surface area (Å²) in [5, 5.41) is 0. The van der Waals surface area contributed by atoms with Crippen LogP contribution in [0.15, 0.2) is 0 Å². The maximum atomic E-state index is 5.98. The standard InChI is InChI=1S/C13H22N4/c1-3-7-11-15-12(14)10(2)13(16-11)17-8-5-4-6-9-17/h3-9H2,1-2H3,(H2,14,15,16). The molecule has 2 rings (SSSR count). The predicted octanol–water partition coefficient (Wildman–Crippen LogP) is 2.31. The fourth-order valence-electron chi connectivity index (χ4n) is 2.32. The molecule has 1 aromatic heterocycles. The summed E-state index contributed by atoms with van der Waals surface area (Å²) in [6, 6.07) is 0. The highest BCUT2D eigenvalue weighted by Gasteiger charge is 2.17. The van der Waals surface area contributed by atoms with Gasteiger partial charge in [0.25, 0.3) is 0 Å². The van der Waals surface area contributed by atoms with Crippen molar-refractivity contribution in [2.24, 2.45) is 0 Å². The summed E-state index contributed by atoms with van der Waals surface area (Å²) in [4.78, 5) is 11.4. The van der Waals surface area contributed by atoms with Gasteiger partial charge in [-0.25, -0.2) is 9.97 Å². The Bertz CT molecular complexity index is 383. The van der Waals surface area contributed by atoms with E-state index in [1.807, 2.05) is 6.92 Å². The smallest absolute Gasteiger partial charge is 0.137 e. The van der Waals surface area contributed by atoms with Crippen LogP contribution in [0.4, 0.5) is 11.6 Å². The number of nitrogens with two attached hydrogens (primary N) is 1. The first-order valence-corrected chi connectivity index (χ1v) is 6.60. The van der Waals surface area contributed by atoms with Crippen LogP contribution in [0.5, 0.6) is 0 Å². The average molecular weight is 234 g/mol. The molecule has 1 fully saturated rings. The monoisotopic (exact) mass is 234 g/mol. The molecule has 2 N–H and O–H groups in total. The molecule has 2 heterocycles. The molecule has 0 aromatic carbocycles. The third-order valence-corrected chi connectivity index (χ3v) is 3.33. The normalized spacial score (nSPS) is 16.2. The van der Waals surface area contributed by atoms with Gasteiger partial charge >= 0.3 is 0 Å². The van der Waals surface area contributed by atoms with Crippen molar-refractivity contribution in [3.05, 3.63) is 11.4 Å². The van der Waals surface area contributed by atoms with Crippen LogP contribution in [0.2, 0.25) is 0 Å². The van der Waals surface area contributed by atoms with Crippen molar-refractivity contribution in [3.8, 4) is 0 Å². The largest absolute Gasteiger partial charge is 0.383 e. The average Bonchev–Trinajstić information content (AvgIpc) is 2.35. The van der Waals surface area contributed by atoms with E-state index in [0.29, 0.717) is 5.82 Å². The molecule has 0 radical (unpaired) electrons. The number of aromatic nitrogens is 2. The van der Waals surface area contributed by atoms with Crippen molar-refractivity contribution in [2.45, 2.75) is 46.0 Å². The molecule has 0 bridgehead atoms. The van der Waals surface area contributed by atoms with Gasteiger partial charge in [0.1, 0.15) is 17.5 Å². The van der Waals surface area contributed by atoms with Gasteiger partial charge in [0.15, 0.2) is 0 Å². The molecule has 1 saturated heterocycles. The zero-order chi connectivity index (χ0) is 12.3. The van der Waals surface area contributed by atoms with E-state index < -0.39 is 0 Å². The molecule has 1 aliphatic rings. The number of piperidine rings is 1. The van der Waals surface area contributed by atoms with Crippen LogP contribution in [-0.4, -0.2) is 23.1 Å². The van der Waals surface area contributed by atoms with Crippen LogP contribution < -0.4 is 10.6 Å². The minimum atomic E-state index is 0.643. The van der Waals surface area contributed by atoms with Gasteiger partial charge in [-0.1, -0.05) is 6.92 Å². The van der Waals surface area contributed by atoms with Crippen molar-refractivity contribution in [2.75, 3.05) is 23.7 Å². The Morgan fingerprint density at radius 1 is 1.18 bits per heavy atom. The molecule has 0 atom stereocenters. The Morgan fingerprint density at radius 2 is 1.88 bits per heavy atom. The lowest BCUT2D eigenvalue weighted by atomic mass is 10.1. The van der Waals surface area contributed by atoms with Gasteiger partial charge in [0.05, 0.1) is 0 Å². The quantitative estimate of drug-likeness (QED) is 0.872. The topological polar surface area (TPSA) is 55.0 Å². The Kier molecular flexibility index (Phi) is 3.82. The maximum Gasteiger partial charge on any atom is 0.137 e. The number of hydrogen-bond acceptors (Lipinski definition) is 4. The van der Waals surface area contributed by atoms with Crippen molar-refractivity contribution in [1.82, 2.24) is 9.97 Å². The van der Waals surface area contributed by atoms with E-state index in [-0.39, 0.29) is 0 Å². The first-order chi connectivity index (χ1) is 8.22. The van der Waals surface area contributed by atoms with Crippen LogP contribution in [0, 0.1) is 6.92 Å². The minimum absolute atomic E-state index is 0.643. The second-order valence-corrected chi connectivity index (χ2v) is 4.77. The lowest BCUT2D eigenvalue weighted by Gasteiger charge is -2.29. The molecular weight excluding hydrogens is 212 g/mol. The van der Waals surface area contributed by atoms with Gasteiger partial charge in [-0.15, -0.1) is 0 Å². The minimum Gasteiger partial charge on any atom is -0.383 e. The number of nitrogens with zero attached hydrogens (tertiary/aromatic N) is 3. The molecule has 1 aliphatic heterocycles. The number of anilines is 2. The van der Waals surface area contributed by atoms with E-state index in [9.17, 15) is 0 Å². The fourth-order valence-corrected chi connectivity index (χ4v) is 2.32. The number of aryl methyl sites for hydroxylation is 1. The van der Waals surface area contributed by atoms with Gasteiger partial charge in [0, 0.05) is 25.1 Å². The molecule has 4 nitrogen and oxygen atoms in total. The molecule has 94 valence electrons. The molecule has 17 heavy (non-hydrogen) atoms. The molecule has 0 aliphatic carbocycles. The second kappa shape index (κ2) is 5.34. The van der Waals surface area contributed by atoms with E-state index >= 15 is 0 Å². The zero-order valence-electron chi connectivity index (χ0n) is 10.9. The van der Waals surface area contributed by atoms with Crippen LogP contribution in [0.1, 0.15) is 44.0 Å². The molecule has 1 aromatic rings. The Balaban J connectivity index is 2.29. The van der Waals surface area contributed by atoms with E-state index in [2.05, 4.69) is 21.8 Å². The van der Waals surface area contributed by atoms with Crippen LogP contribution >= 0.6 is 0 Å². The lowest BCUT2D eigenvalue weighted by molar-refractivity contribution is 0.571. The molecule has 0 spiro atoms. The highest BCUT2D eigenvalue weighted by Crippen LogP contribution is 2.24. The zero-order valence-corrected chi connectivity index (χ0v) is 10.9. The summed E-state index contributed by atoms with van der Waals surface area (Å²) in [6.45, 7) is 6.36. The van der Waals surface area contributed by atoms with Gasteiger partial charge < -0.3 is 10.6 Å². The van der Waals surface area contributed by atoms with Gasteiger partial charge in [-0.3, -0.25) is 0 Å². The van der Waals surface area contributed by atoms with E-state index in [0.717, 1.165) is 43.1 Å². The lowest BCUT2D eigenvalue weighted by Crippen LogP contribution is -2.31. The summed E-state index contributed by atoms with van der Waals surface area (Å²) < 4.78 is 0. The van der Waals surface area contributed by atoms with Crippen LogP contribution in [-0.2, 0) is 6.42 Å². The van der Waals surface area contributed by atoms with Crippen LogP contribution in [0.25, 0.3) is 0 Å². The van der Waals surface area contributed by atoms with Crippen molar-refractivity contribution in [1.29, 1.82) is 0 Å². The summed E-state index contributed by atoms with van der Waals surface area (Å²) in [6.07, 6.45) is 5.81. The first kappa shape index (κ1) is 12.1. The highest BCUT2D eigenvalue weighted by atomic mass is 15.2. The first-order valence-electron chi connectivity index (χ1n) is 6.60. The van der Waals surface area contributed by atoms with Gasteiger partial charge in [0.2, 0.25) is 0 Å². The molecule has 4 heteroatoms. The SMILES string of the molecule is CCCc1nc(N)c(C)c(N2CCCCC2)n1. The van der Waals surface area contributed by atoms with E-state index in [1.165, 1.54) is 19.3 Å². The van der Waals surface area contributed by atoms with E-state index in [1.54, 1.807) is 0 Å². The molecule has 0 unspecified atom stereocenters. The van der Waals surface area contributed by atoms with Crippen LogP contribution in [0.3, 0.4) is 0 Å². The van der Waals surface area contributed by atoms with Gasteiger partial charge in [-0.05, 0) is 32.6 Å². The van der Waals surface area contributed by atoms with Crippen molar-refractivity contribution in [3.63, 3.8) is 0 Å². The summed E-state index contributed by atoms with van der Waals surface area (Å²) in [5.74, 6) is 2.58. The number of rotatable bonds is 3. The third-order valence-electron chi connectivity index (χ3n) is 3.33. The number of hydrogen-bond donors (Lipinski definition) is 1. The third kappa shape index (κ3) is 2.68. The van der Waals surface area contributed by atoms with Gasteiger partial charge in [-0.2, -0.15) is 0 Å². The maximum absolute atomic E-state index is 5.98. The second-order valence-electron chi connectivity index (χ2n) is 4.77. The summed E-state index contributed by atoms with van der Waals surface area (Å²) in [5.41, 5.74) is 7.01. The molecule has 0 saturated carbocycles. The molecular formula is C13H22N4. The summed E-state index contributed by atoms with van der Waals surface area (Å²) in [7, 11) is 0. The Labute approximate surface area is 103 Å². The molecule has 0 amide bonds. The Hall–Kier alpha value is -1.32.